The SMILES string of the molecule is COc1ccc([C@H](C)NC2CC(C)CCC2C)cc1. The molecule has 0 spiro atoms. The lowest BCUT2D eigenvalue weighted by Gasteiger charge is -2.35. The van der Waals surface area contributed by atoms with E-state index in [1.54, 1.807) is 7.11 Å². The van der Waals surface area contributed by atoms with Crippen LogP contribution in [0.5, 0.6) is 5.75 Å². The van der Waals surface area contributed by atoms with E-state index in [1.165, 1.54) is 24.8 Å². The van der Waals surface area contributed by atoms with Crippen molar-refractivity contribution in [2.75, 3.05) is 7.11 Å². The van der Waals surface area contributed by atoms with Crippen LogP contribution in [0.1, 0.15) is 51.6 Å². The Bertz CT molecular complexity index is 387. The van der Waals surface area contributed by atoms with Gasteiger partial charge >= 0.3 is 0 Å². The van der Waals surface area contributed by atoms with Crippen molar-refractivity contribution < 1.29 is 4.74 Å². The highest BCUT2D eigenvalue weighted by Gasteiger charge is 2.26. The Morgan fingerprint density at radius 2 is 1.84 bits per heavy atom. The molecule has 1 aliphatic carbocycles. The minimum Gasteiger partial charge on any atom is -0.497 e. The predicted octanol–water partition coefficient (Wildman–Crippen LogP) is 4.17. The molecule has 2 nitrogen and oxygen atoms in total. The fraction of sp³-hybridized carbons (Fsp3) is 0.647. The Labute approximate surface area is 117 Å². The van der Waals surface area contributed by atoms with Crippen molar-refractivity contribution in [3.05, 3.63) is 29.8 Å². The zero-order chi connectivity index (χ0) is 13.8. The van der Waals surface area contributed by atoms with Gasteiger partial charge in [0.15, 0.2) is 0 Å². The molecule has 4 atom stereocenters. The van der Waals surface area contributed by atoms with Crippen molar-refractivity contribution in [2.24, 2.45) is 11.8 Å². The van der Waals surface area contributed by atoms with Crippen LogP contribution in [-0.2, 0) is 0 Å². The number of hydrogen-bond acceptors (Lipinski definition) is 2. The number of methoxy groups -OCH3 is 1. The molecule has 1 aromatic rings. The van der Waals surface area contributed by atoms with Gasteiger partial charge in [0.25, 0.3) is 0 Å². The second kappa shape index (κ2) is 6.42. The van der Waals surface area contributed by atoms with E-state index in [2.05, 4.69) is 38.2 Å². The summed E-state index contributed by atoms with van der Waals surface area (Å²) in [6, 6.07) is 9.46. The summed E-state index contributed by atoms with van der Waals surface area (Å²) in [5.74, 6) is 2.57. The van der Waals surface area contributed by atoms with Gasteiger partial charge < -0.3 is 10.1 Å². The quantitative estimate of drug-likeness (QED) is 0.878. The topological polar surface area (TPSA) is 21.3 Å². The first-order chi connectivity index (χ1) is 9.10. The van der Waals surface area contributed by atoms with Gasteiger partial charge in [-0.15, -0.1) is 0 Å². The fourth-order valence-corrected chi connectivity index (χ4v) is 3.07. The molecule has 1 saturated carbocycles. The number of benzene rings is 1. The van der Waals surface area contributed by atoms with E-state index in [9.17, 15) is 0 Å². The van der Waals surface area contributed by atoms with E-state index >= 15 is 0 Å². The van der Waals surface area contributed by atoms with Crippen molar-refractivity contribution in [2.45, 2.75) is 52.1 Å². The molecule has 0 aliphatic heterocycles. The van der Waals surface area contributed by atoms with E-state index < -0.39 is 0 Å². The molecule has 0 saturated heterocycles. The molecule has 0 heterocycles. The third kappa shape index (κ3) is 3.73. The molecular formula is C17H27NO. The van der Waals surface area contributed by atoms with E-state index in [1.807, 2.05) is 12.1 Å². The second-order valence-corrected chi connectivity index (χ2v) is 6.16. The van der Waals surface area contributed by atoms with Crippen molar-refractivity contribution in [3.8, 4) is 5.75 Å². The zero-order valence-corrected chi connectivity index (χ0v) is 12.6. The molecule has 0 radical (unpaired) electrons. The van der Waals surface area contributed by atoms with Gasteiger partial charge in [0.2, 0.25) is 0 Å². The van der Waals surface area contributed by atoms with Crippen molar-refractivity contribution in [1.82, 2.24) is 5.32 Å². The molecule has 0 aromatic heterocycles. The fourth-order valence-electron chi connectivity index (χ4n) is 3.07. The molecule has 106 valence electrons. The normalized spacial score (nSPS) is 28.9. The molecule has 2 rings (SSSR count). The average Bonchev–Trinajstić information content (AvgIpc) is 2.43. The van der Waals surface area contributed by atoms with Crippen LogP contribution in [0.3, 0.4) is 0 Å². The maximum absolute atomic E-state index is 5.21. The summed E-state index contributed by atoms with van der Waals surface area (Å²) in [6.45, 7) is 7.01. The highest BCUT2D eigenvalue weighted by Crippen LogP contribution is 2.30. The summed E-state index contributed by atoms with van der Waals surface area (Å²) in [5, 5.41) is 3.81. The summed E-state index contributed by atoms with van der Waals surface area (Å²) in [5.41, 5.74) is 1.34. The Kier molecular flexibility index (Phi) is 4.87. The summed E-state index contributed by atoms with van der Waals surface area (Å²) in [6.07, 6.45) is 4.05. The standard InChI is InChI=1S/C17H27NO/c1-12-5-6-13(2)17(11-12)18-14(3)15-7-9-16(19-4)10-8-15/h7-10,12-14,17-18H,5-6,11H2,1-4H3/t12?,13?,14-,17?/m0/s1. The first-order valence-corrected chi connectivity index (χ1v) is 7.50. The van der Waals surface area contributed by atoms with Crippen LogP contribution in [0.4, 0.5) is 0 Å². The van der Waals surface area contributed by atoms with Gasteiger partial charge in [0.1, 0.15) is 5.75 Å². The van der Waals surface area contributed by atoms with Crippen LogP contribution in [0.15, 0.2) is 24.3 Å². The van der Waals surface area contributed by atoms with Gasteiger partial charge in [-0.2, -0.15) is 0 Å². The van der Waals surface area contributed by atoms with Gasteiger partial charge in [0.05, 0.1) is 7.11 Å². The Hall–Kier alpha value is -1.02. The lowest BCUT2D eigenvalue weighted by Crippen LogP contribution is -2.40. The molecule has 1 fully saturated rings. The van der Waals surface area contributed by atoms with Crippen LogP contribution in [0, 0.1) is 11.8 Å². The second-order valence-electron chi connectivity index (χ2n) is 6.16. The number of hydrogen-bond donors (Lipinski definition) is 1. The van der Waals surface area contributed by atoms with Crippen LogP contribution in [0.2, 0.25) is 0 Å². The van der Waals surface area contributed by atoms with E-state index in [4.69, 9.17) is 4.74 Å². The number of ether oxygens (including phenoxy) is 1. The van der Waals surface area contributed by atoms with Gasteiger partial charge in [-0.3, -0.25) is 0 Å². The summed E-state index contributed by atoms with van der Waals surface area (Å²) in [7, 11) is 1.71. The van der Waals surface area contributed by atoms with Crippen molar-refractivity contribution in [1.29, 1.82) is 0 Å². The molecule has 19 heavy (non-hydrogen) atoms. The first-order valence-electron chi connectivity index (χ1n) is 7.50. The predicted molar refractivity (Wildman–Crippen MR) is 80.5 cm³/mol. The molecule has 0 bridgehead atoms. The zero-order valence-electron chi connectivity index (χ0n) is 12.6. The molecule has 1 aliphatic rings. The molecular weight excluding hydrogens is 234 g/mol. The Balaban J connectivity index is 1.97. The van der Waals surface area contributed by atoms with E-state index in [-0.39, 0.29) is 0 Å². The minimum absolute atomic E-state index is 0.406. The number of rotatable bonds is 4. The summed E-state index contributed by atoms with van der Waals surface area (Å²) >= 11 is 0. The van der Waals surface area contributed by atoms with Gasteiger partial charge in [-0.1, -0.05) is 32.4 Å². The summed E-state index contributed by atoms with van der Waals surface area (Å²) in [4.78, 5) is 0. The van der Waals surface area contributed by atoms with Crippen LogP contribution in [0.25, 0.3) is 0 Å². The lowest BCUT2D eigenvalue weighted by atomic mass is 9.79. The first kappa shape index (κ1) is 14.4. The third-order valence-electron chi connectivity index (χ3n) is 4.54. The van der Waals surface area contributed by atoms with Gasteiger partial charge in [-0.05, 0) is 49.3 Å². The van der Waals surface area contributed by atoms with E-state index in [0.29, 0.717) is 12.1 Å². The van der Waals surface area contributed by atoms with Crippen LogP contribution >= 0.6 is 0 Å². The summed E-state index contributed by atoms with van der Waals surface area (Å²) < 4.78 is 5.21. The Morgan fingerprint density at radius 1 is 1.16 bits per heavy atom. The average molecular weight is 261 g/mol. The minimum atomic E-state index is 0.406. The highest BCUT2D eigenvalue weighted by atomic mass is 16.5. The molecule has 0 amide bonds. The highest BCUT2D eigenvalue weighted by molar-refractivity contribution is 5.28. The van der Waals surface area contributed by atoms with Gasteiger partial charge in [-0.25, -0.2) is 0 Å². The van der Waals surface area contributed by atoms with Gasteiger partial charge in [0, 0.05) is 12.1 Å². The van der Waals surface area contributed by atoms with E-state index in [0.717, 1.165) is 17.6 Å². The molecule has 3 unspecified atom stereocenters. The monoisotopic (exact) mass is 261 g/mol. The van der Waals surface area contributed by atoms with Crippen LogP contribution < -0.4 is 10.1 Å². The van der Waals surface area contributed by atoms with Crippen molar-refractivity contribution in [3.63, 3.8) is 0 Å². The molecule has 1 aromatic carbocycles. The maximum Gasteiger partial charge on any atom is 0.118 e. The maximum atomic E-state index is 5.21. The molecule has 1 N–H and O–H groups in total. The smallest absolute Gasteiger partial charge is 0.118 e. The number of nitrogens with one attached hydrogen (secondary N) is 1. The lowest BCUT2D eigenvalue weighted by molar-refractivity contribution is 0.216. The third-order valence-corrected chi connectivity index (χ3v) is 4.54. The Morgan fingerprint density at radius 3 is 2.47 bits per heavy atom. The molecule has 2 heteroatoms. The largest absolute Gasteiger partial charge is 0.497 e. The van der Waals surface area contributed by atoms with Crippen LogP contribution in [-0.4, -0.2) is 13.2 Å². The van der Waals surface area contributed by atoms with Crippen molar-refractivity contribution >= 4 is 0 Å².